The van der Waals surface area contributed by atoms with Gasteiger partial charge in [0.15, 0.2) is 0 Å². The Hall–Kier alpha value is -2.08. The van der Waals surface area contributed by atoms with E-state index in [1.807, 2.05) is 18.2 Å². The van der Waals surface area contributed by atoms with Crippen LogP contribution in [0.5, 0.6) is 0 Å². The number of likely N-dealkylation sites (N-methyl/N-ethyl adjacent to an activating group) is 1. The van der Waals surface area contributed by atoms with Gasteiger partial charge in [-0.15, -0.1) is 0 Å². The Morgan fingerprint density at radius 2 is 2.05 bits per heavy atom. The zero-order chi connectivity index (χ0) is 14.7. The number of hydrogen-bond donors (Lipinski definition) is 2. The molecule has 3 N–H and O–H groups in total. The molecular formula is C14H20N4O2. The van der Waals surface area contributed by atoms with Gasteiger partial charge >= 0.3 is 11.7 Å². The van der Waals surface area contributed by atoms with Crippen molar-refractivity contribution in [1.29, 1.82) is 0 Å². The van der Waals surface area contributed by atoms with Crippen molar-refractivity contribution in [2.45, 2.75) is 20.3 Å². The number of nitrogens with one attached hydrogen (secondary N) is 1. The third kappa shape index (κ3) is 2.75. The predicted octanol–water partition coefficient (Wildman–Crippen LogP) is 1.14. The van der Waals surface area contributed by atoms with Crippen LogP contribution in [0.1, 0.15) is 19.4 Å². The Labute approximate surface area is 117 Å². The Morgan fingerprint density at radius 1 is 1.35 bits per heavy atom. The molecule has 0 bridgehead atoms. The minimum absolute atomic E-state index is 0.492. The number of aromatic amines is 1. The van der Waals surface area contributed by atoms with Crippen LogP contribution in [-0.2, 0) is 6.42 Å². The Morgan fingerprint density at radius 3 is 2.65 bits per heavy atom. The number of amides is 1. The maximum Gasteiger partial charge on any atom is 0.334 e. The third-order valence-electron chi connectivity index (χ3n) is 3.58. The normalized spacial score (nSPS) is 11.3. The van der Waals surface area contributed by atoms with Crippen molar-refractivity contribution < 1.29 is 4.79 Å². The van der Waals surface area contributed by atoms with E-state index in [-0.39, 0.29) is 0 Å². The summed E-state index contributed by atoms with van der Waals surface area (Å²) in [4.78, 5) is 27.9. The number of imidazole rings is 1. The lowest BCUT2D eigenvalue weighted by Gasteiger charge is -2.17. The van der Waals surface area contributed by atoms with E-state index in [1.54, 1.807) is 0 Å². The van der Waals surface area contributed by atoms with Gasteiger partial charge in [-0.05, 0) is 37.2 Å². The molecule has 1 heterocycles. The lowest BCUT2D eigenvalue weighted by Crippen LogP contribution is -2.29. The van der Waals surface area contributed by atoms with Crippen LogP contribution in [0.25, 0.3) is 11.0 Å². The van der Waals surface area contributed by atoms with E-state index in [4.69, 9.17) is 5.73 Å². The highest BCUT2D eigenvalue weighted by atomic mass is 16.2. The molecule has 0 aliphatic rings. The highest BCUT2D eigenvalue weighted by molar-refractivity contribution is 5.88. The summed E-state index contributed by atoms with van der Waals surface area (Å²) < 4.78 is 0.968. The quantitative estimate of drug-likeness (QED) is 0.859. The van der Waals surface area contributed by atoms with Gasteiger partial charge in [-0.2, -0.15) is 0 Å². The number of fused-ring (bicyclic) bond motifs is 1. The van der Waals surface area contributed by atoms with Crippen molar-refractivity contribution in [2.24, 2.45) is 5.73 Å². The number of nitrogens with two attached hydrogens (primary N) is 1. The molecule has 0 aliphatic heterocycles. The summed E-state index contributed by atoms with van der Waals surface area (Å²) in [6, 6.07) is 4.87. The van der Waals surface area contributed by atoms with Crippen LogP contribution in [0.2, 0.25) is 0 Å². The molecule has 6 nitrogen and oxygen atoms in total. The average Bonchev–Trinajstić information content (AvgIpc) is 2.75. The van der Waals surface area contributed by atoms with E-state index in [0.29, 0.717) is 11.0 Å². The number of benzene rings is 1. The molecule has 1 aromatic carbocycles. The average molecular weight is 276 g/mol. The largest absolute Gasteiger partial charge is 0.351 e. The summed E-state index contributed by atoms with van der Waals surface area (Å²) in [6.07, 6.45) is 0.871. The lowest BCUT2D eigenvalue weighted by molar-refractivity contribution is 0.250. The Bertz CT molecular complexity index is 667. The standard InChI is InChI=1S/C14H20N4O2/c1-3-17(4-2)8-7-10-5-6-11-12(9-10)18(13(15)19)14(20)16-11/h5-6,9H,3-4,7-8H2,1-2H3,(H2,15,19)(H,16,20). The zero-order valence-corrected chi connectivity index (χ0v) is 11.8. The summed E-state index contributed by atoms with van der Waals surface area (Å²) in [6.45, 7) is 7.22. The minimum atomic E-state index is -0.762. The first-order valence-corrected chi connectivity index (χ1v) is 6.82. The molecule has 6 heteroatoms. The molecular weight excluding hydrogens is 256 g/mol. The molecule has 0 aliphatic carbocycles. The molecule has 0 unspecified atom stereocenters. The van der Waals surface area contributed by atoms with Crippen molar-refractivity contribution in [1.82, 2.24) is 14.5 Å². The first-order valence-electron chi connectivity index (χ1n) is 6.82. The van der Waals surface area contributed by atoms with E-state index in [1.165, 1.54) is 0 Å². The molecule has 0 atom stereocenters. The van der Waals surface area contributed by atoms with E-state index >= 15 is 0 Å². The van der Waals surface area contributed by atoms with Crippen LogP contribution < -0.4 is 11.4 Å². The van der Waals surface area contributed by atoms with Gasteiger partial charge < -0.3 is 15.6 Å². The van der Waals surface area contributed by atoms with E-state index in [0.717, 1.165) is 36.2 Å². The zero-order valence-electron chi connectivity index (χ0n) is 11.8. The maximum atomic E-state index is 11.6. The fourth-order valence-corrected chi connectivity index (χ4v) is 2.35. The summed E-state index contributed by atoms with van der Waals surface area (Å²) in [5, 5.41) is 0. The third-order valence-corrected chi connectivity index (χ3v) is 3.58. The molecule has 108 valence electrons. The van der Waals surface area contributed by atoms with Crippen molar-refractivity contribution in [3.05, 3.63) is 34.2 Å². The van der Waals surface area contributed by atoms with Gasteiger partial charge in [-0.3, -0.25) is 0 Å². The summed E-state index contributed by atoms with van der Waals surface area (Å²) in [7, 11) is 0. The molecule has 1 amide bonds. The molecule has 0 spiro atoms. The Balaban J connectivity index is 2.31. The highest BCUT2D eigenvalue weighted by Gasteiger charge is 2.11. The molecule has 1 aromatic heterocycles. The van der Waals surface area contributed by atoms with Gasteiger partial charge in [0, 0.05) is 6.54 Å². The van der Waals surface area contributed by atoms with Gasteiger partial charge in [0.1, 0.15) is 0 Å². The van der Waals surface area contributed by atoms with Gasteiger partial charge in [-0.1, -0.05) is 19.9 Å². The first kappa shape index (κ1) is 14.3. The van der Waals surface area contributed by atoms with Crippen LogP contribution in [0.15, 0.2) is 23.0 Å². The topological polar surface area (TPSA) is 84.1 Å². The van der Waals surface area contributed by atoms with E-state index in [9.17, 15) is 9.59 Å². The van der Waals surface area contributed by atoms with E-state index < -0.39 is 11.7 Å². The number of hydrogen-bond acceptors (Lipinski definition) is 3. The van der Waals surface area contributed by atoms with Gasteiger partial charge in [0.05, 0.1) is 11.0 Å². The monoisotopic (exact) mass is 276 g/mol. The van der Waals surface area contributed by atoms with Gasteiger partial charge in [0.2, 0.25) is 0 Å². The summed E-state index contributed by atoms with van der Waals surface area (Å²) in [5.41, 5.74) is 6.99. The number of aromatic nitrogens is 2. The number of primary amides is 1. The lowest BCUT2D eigenvalue weighted by atomic mass is 10.1. The predicted molar refractivity (Wildman–Crippen MR) is 79.0 cm³/mol. The SMILES string of the molecule is CCN(CC)CCc1ccc2[nH]c(=O)n(C(N)=O)c2c1. The number of carbonyl (C=O) groups excluding carboxylic acids is 1. The molecule has 0 saturated carbocycles. The molecule has 0 saturated heterocycles. The first-order chi connectivity index (χ1) is 9.56. The second-order valence-electron chi connectivity index (χ2n) is 4.73. The maximum absolute atomic E-state index is 11.6. The van der Waals surface area contributed by atoms with Gasteiger partial charge in [-0.25, -0.2) is 14.2 Å². The number of nitrogens with zero attached hydrogens (tertiary/aromatic N) is 2. The molecule has 20 heavy (non-hydrogen) atoms. The number of rotatable bonds is 5. The molecule has 0 fully saturated rings. The van der Waals surface area contributed by atoms with Gasteiger partial charge in [0.25, 0.3) is 0 Å². The molecule has 2 rings (SSSR count). The second-order valence-corrected chi connectivity index (χ2v) is 4.73. The summed E-state index contributed by atoms with van der Waals surface area (Å²) in [5.74, 6) is 0. The molecule has 2 aromatic rings. The fourth-order valence-electron chi connectivity index (χ4n) is 2.35. The van der Waals surface area contributed by atoms with Crippen LogP contribution in [-0.4, -0.2) is 40.1 Å². The molecule has 0 radical (unpaired) electrons. The van der Waals surface area contributed by atoms with Crippen LogP contribution in [0.3, 0.4) is 0 Å². The number of carbonyl (C=O) groups is 1. The van der Waals surface area contributed by atoms with E-state index in [2.05, 4.69) is 23.7 Å². The highest BCUT2D eigenvalue weighted by Crippen LogP contribution is 2.13. The van der Waals surface area contributed by atoms with Crippen LogP contribution in [0, 0.1) is 0 Å². The van der Waals surface area contributed by atoms with Crippen molar-refractivity contribution in [3.63, 3.8) is 0 Å². The smallest absolute Gasteiger partial charge is 0.334 e. The van der Waals surface area contributed by atoms with Crippen molar-refractivity contribution in [2.75, 3.05) is 19.6 Å². The van der Waals surface area contributed by atoms with Crippen molar-refractivity contribution in [3.8, 4) is 0 Å². The second kappa shape index (κ2) is 5.92. The summed E-state index contributed by atoms with van der Waals surface area (Å²) >= 11 is 0. The van der Waals surface area contributed by atoms with Crippen LogP contribution >= 0.6 is 0 Å². The van der Waals surface area contributed by atoms with Crippen molar-refractivity contribution >= 4 is 17.1 Å². The number of H-pyrrole nitrogens is 1. The minimum Gasteiger partial charge on any atom is -0.351 e. The Kier molecular flexibility index (Phi) is 4.24. The van der Waals surface area contributed by atoms with Crippen LogP contribution in [0.4, 0.5) is 4.79 Å². The fraction of sp³-hybridized carbons (Fsp3) is 0.429.